The zero-order valence-electron chi connectivity index (χ0n) is 16.2. The number of rotatable bonds is 6. The van der Waals surface area contributed by atoms with Gasteiger partial charge in [0.15, 0.2) is 0 Å². The van der Waals surface area contributed by atoms with Crippen molar-refractivity contribution in [2.24, 2.45) is 0 Å². The second-order valence-electron chi connectivity index (χ2n) is 6.27. The fourth-order valence-electron chi connectivity index (χ4n) is 3.02. The molecule has 0 spiro atoms. The van der Waals surface area contributed by atoms with Crippen LogP contribution in [0.2, 0.25) is 0 Å². The molecule has 0 aliphatic rings. The van der Waals surface area contributed by atoms with E-state index in [0.29, 0.717) is 0 Å². The molecule has 0 saturated heterocycles. The van der Waals surface area contributed by atoms with Gasteiger partial charge in [0.25, 0.3) is 0 Å². The quantitative estimate of drug-likeness (QED) is 0.425. The maximum absolute atomic E-state index is 5.28. The minimum absolute atomic E-state index is 0.0486. The van der Waals surface area contributed by atoms with E-state index in [0.717, 1.165) is 42.9 Å². The number of hydrogen-bond acceptors (Lipinski definition) is 4. The zero-order valence-corrected chi connectivity index (χ0v) is 17.9. The topological polar surface area (TPSA) is 44.2 Å². The van der Waals surface area contributed by atoms with Gasteiger partial charge < -0.3 is 0 Å². The van der Waals surface area contributed by atoms with Crippen molar-refractivity contribution >= 4 is 24.1 Å². The van der Waals surface area contributed by atoms with Gasteiger partial charge in [0, 0.05) is 0 Å². The first-order chi connectivity index (χ1) is 14.3. The molecule has 2 aromatic heterocycles. The Kier molecular flexibility index (Phi) is 5.89. The number of methoxy groups -OCH3 is 2. The summed E-state index contributed by atoms with van der Waals surface area (Å²) in [4.78, 5) is 9.38. The summed E-state index contributed by atoms with van der Waals surface area (Å²) < 4.78 is 12.7. The van der Waals surface area contributed by atoms with Crippen LogP contribution >= 0.6 is 0 Å². The molecular weight excluding hydrogens is 427 g/mol. The van der Waals surface area contributed by atoms with E-state index in [1.807, 2.05) is 48.8 Å². The average Bonchev–Trinajstić information content (AvgIpc) is 2.80. The molecule has 29 heavy (non-hydrogen) atoms. The number of benzene rings is 2. The van der Waals surface area contributed by atoms with Crippen molar-refractivity contribution in [1.29, 1.82) is 0 Å². The van der Waals surface area contributed by atoms with E-state index in [1.165, 1.54) is 0 Å². The van der Waals surface area contributed by atoms with Crippen molar-refractivity contribution in [3.05, 3.63) is 85.2 Å². The Labute approximate surface area is 176 Å². The molecule has 0 saturated carbocycles. The van der Waals surface area contributed by atoms with Crippen molar-refractivity contribution in [3.63, 3.8) is 0 Å². The molecule has 144 valence electrons. The molecular formula is C24H20N2O2Se. The second kappa shape index (κ2) is 8.91. The fraction of sp³-hybridized carbons (Fsp3) is 0.0833. The predicted molar refractivity (Wildman–Crippen MR) is 117 cm³/mol. The molecule has 4 aromatic rings. The van der Waals surface area contributed by atoms with Gasteiger partial charge in [0.2, 0.25) is 0 Å². The third kappa shape index (κ3) is 4.32. The molecule has 2 heterocycles. The molecule has 0 amide bonds. The van der Waals surface area contributed by atoms with E-state index in [-0.39, 0.29) is 15.0 Å². The molecule has 0 N–H and O–H groups in total. The molecule has 5 heteroatoms. The molecule has 0 radical (unpaired) electrons. The van der Waals surface area contributed by atoms with Gasteiger partial charge in [0.05, 0.1) is 0 Å². The molecule has 4 nitrogen and oxygen atoms in total. The summed E-state index contributed by atoms with van der Waals surface area (Å²) in [5, 5.41) is 0. The molecule has 0 aliphatic heterocycles. The van der Waals surface area contributed by atoms with Gasteiger partial charge in [-0.3, -0.25) is 0 Å². The Balaban J connectivity index is 1.70. The van der Waals surface area contributed by atoms with Crippen LogP contribution in [0.1, 0.15) is 0 Å². The van der Waals surface area contributed by atoms with E-state index < -0.39 is 0 Å². The van der Waals surface area contributed by atoms with Crippen LogP contribution in [0.15, 0.2) is 85.2 Å². The summed E-state index contributed by atoms with van der Waals surface area (Å²) in [6, 6.07) is 24.3. The van der Waals surface area contributed by atoms with E-state index in [1.54, 1.807) is 14.2 Å². The number of aromatic nitrogens is 2. The summed E-state index contributed by atoms with van der Waals surface area (Å²) in [6.45, 7) is 0. The third-order valence-electron chi connectivity index (χ3n) is 4.54. The standard InChI is InChI=1S/C24H20N2O2Se/c1-27-19-11-7-17(8-12-19)21-5-3-15-25-23(21)29-24-22(6-4-16-26-24)18-9-13-20(28-2)14-10-18/h3-16H,1-2H3. The number of hydrogen-bond donors (Lipinski definition) is 0. The monoisotopic (exact) mass is 448 g/mol. The summed E-state index contributed by atoms with van der Waals surface area (Å²) >= 11 is -0.0486. The Morgan fingerprint density at radius 2 is 1.00 bits per heavy atom. The van der Waals surface area contributed by atoms with Gasteiger partial charge in [-0.25, -0.2) is 0 Å². The van der Waals surface area contributed by atoms with Crippen molar-refractivity contribution in [1.82, 2.24) is 9.97 Å². The van der Waals surface area contributed by atoms with Crippen LogP contribution < -0.4 is 18.7 Å². The van der Waals surface area contributed by atoms with Gasteiger partial charge in [-0.05, 0) is 0 Å². The van der Waals surface area contributed by atoms with Crippen LogP contribution in [0.5, 0.6) is 11.5 Å². The molecule has 0 fully saturated rings. The fourth-order valence-corrected chi connectivity index (χ4v) is 5.12. The van der Waals surface area contributed by atoms with Gasteiger partial charge in [-0.15, -0.1) is 0 Å². The second-order valence-corrected chi connectivity index (χ2v) is 8.32. The van der Waals surface area contributed by atoms with E-state index in [2.05, 4.69) is 36.4 Å². The molecule has 0 atom stereocenters. The summed E-state index contributed by atoms with van der Waals surface area (Å²) in [5.74, 6) is 1.69. The summed E-state index contributed by atoms with van der Waals surface area (Å²) in [6.07, 6.45) is 3.69. The molecule has 4 rings (SSSR count). The Hall–Kier alpha value is -3.14. The summed E-state index contributed by atoms with van der Waals surface area (Å²) in [7, 11) is 3.35. The number of ether oxygens (including phenoxy) is 2. The average molecular weight is 447 g/mol. The van der Waals surface area contributed by atoms with Crippen LogP contribution in [-0.4, -0.2) is 39.1 Å². The molecule has 0 aliphatic carbocycles. The summed E-state index contributed by atoms with van der Waals surface area (Å²) in [5.41, 5.74) is 4.50. The van der Waals surface area contributed by atoms with Crippen LogP contribution in [0.25, 0.3) is 22.3 Å². The van der Waals surface area contributed by atoms with Gasteiger partial charge in [-0.2, -0.15) is 0 Å². The van der Waals surface area contributed by atoms with E-state index >= 15 is 0 Å². The van der Waals surface area contributed by atoms with Crippen molar-refractivity contribution < 1.29 is 9.47 Å². The third-order valence-corrected chi connectivity index (χ3v) is 6.71. The van der Waals surface area contributed by atoms with E-state index in [4.69, 9.17) is 19.4 Å². The number of nitrogens with zero attached hydrogens (tertiary/aromatic N) is 2. The zero-order chi connectivity index (χ0) is 20.1. The number of pyridine rings is 2. The van der Waals surface area contributed by atoms with Crippen LogP contribution in [0, 0.1) is 0 Å². The first-order valence-electron chi connectivity index (χ1n) is 9.15. The van der Waals surface area contributed by atoms with Gasteiger partial charge in [0.1, 0.15) is 0 Å². The Morgan fingerprint density at radius 1 is 0.586 bits per heavy atom. The SMILES string of the molecule is COc1ccc(-c2cccnc2[Se]c2ncccc2-c2ccc(OC)cc2)cc1. The van der Waals surface area contributed by atoms with Gasteiger partial charge >= 0.3 is 177 Å². The maximum atomic E-state index is 5.28. The Morgan fingerprint density at radius 3 is 1.38 bits per heavy atom. The van der Waals surface area contributed by atoms with Crippen molar-refractivity contribution in [2.75, 3.05) is 14.2 Å². The van der Waals surface area contributed by atoms with Crippen molar-refractivity contribution in [3.8, 4) is 33.8 Å². The van der Waals surface area contributed by atoms with Crippen LogP contribution in [-0.2, 0) is 0 Å². The minimum atomic E-state index is -0.0486. The molecule has 0 bridgehead atoms. The normalized spacial score (nSPS) is 10.6. The van der Waals surface area contributed by atoms with E-state index in [9.17, 15) is 0 Å². The first-order valence-corrected chi connectivity index (χ1v) is 10.9. The van der Waals surface area contributed by atoms with Crippen LogP contribution in [0.3, 0.4) is 0 Å². The van der Waals surface area contributed by atoms with Crippen LogP contribution in [0.4, 0.5) is 0 Å². The van der Waals surface area contributed by atoms with Gasteiger partial charge in [-0.1, -0.05) is 0 Å². The first kappa shape index (κ1) is 19.2. The predicted octanol–water partition coefficient (Wildman–Crippen LogP) is 3.48. The van der Waals surface area contributed by atoms with Crippen molar-refractivity contribution in [2.45, 2.75) is 0 Å². The molecule has 0 unspecified atom stereocenters. The molecule has 2 aromatic carbocycles. The Bertz CT molecular complexity index is 1010.